The molecule has 3 heteroatoms. The zero-order valence-electron chi connectivity index (χ0n) is 17.9. The minimum atomic E-state index is 0.449. The molecule has 0 bridgehead atoms. The van der Waals surface area contributed by atoms with Gasteiger partial charge in [-0.25, -0.2) is 0 Å². The molecule has 0 aliphatic heterocycles. The van der Waals surface area contributed by atoms with Gasteiger partial charge in [0, 0.05) is 16.7 Å². The van der Waals surface area contributed by atoms with Crippen molar-refractivity contribution in [3.8, 4) is 17.2 Å². The smallest absolute Gasteiger partial charge is 0.167 e. The fraction of sp³-hybridized carbons (Fsp3) is 0.652. The van der Waals surface area contributed by atoms with E-state index >= 15 is 0 Å². The van der Waals surface area contributed by atoms with Crippen LogP contribution in [-0.4, -0.2) is 21.3 Å². The Kier molecular flexibility index (Phi) is 7.02. The number of allylic oxidation sites excluding steroid dienone is 2. The van der Waals surface area contributed by atoms with Gasteiger partial charge < -0.3 is 14.2 Å². The lowest BCUT2D eigenvalue weighted by Gasteiger charge is -2.37. The number of methoxy groups -OCH3 is 3. The highest BCUT2D eigenvalue weighted by Crippen LogP contribution is 2.55. The van der Waals surface area contributed by atoms with Gasteiger partial charge in [0.05, 0.1) is 21.3 Å². The molecule has 0 spiro atoms. The maximum atomic E-state index is 5.91. The van der Waals surface area contributed by atoms with E-state index in [4.69, 9.17) is 14.2 Å². The van der Waals surface area contributed by atoms with Crippen LogP contribution in [0.3, 0.4) is 0 Å². The molecule has 0 heterocycles. The molecular formula is C23H36O3. The Morgan fingerprint density at radius 2 is 1.62 bits per heavy atom. The Bertz CT molecular complexity index is 656. The van der Waals surface area contributed by atoms with Crippen LogP contribution in [-0.2, 0) is 0 Å². The van der Waals surface area contributed by atoms with E-state index in [9.17, 15) is 0 Å². The summed E-state index contributed by atoms with van der Waals surface area (Å²) in [4.78, 5) is 0. The molecule has 0 radical (unpaired) electrons. The van der Waals surface area contributed by atoms with Gasteiger partial charge in [-0.15, -0.1) is 0 Å². The summed E-state index contributed by atoms with van der Waals surface area (Å²) >= 11 is 0. The molecule has 1 unspecified atom stereocenters. The summed E-state index contributed by atoms with van der Waals surface area (Å²) in [5, 5.41) is 0. The average molecular weight is 361 g/mol. The van der Waals surface area contributed by atoms with Gasteiger partial charge >= 0.3 is 0 Å². The third kappa shape index (κ3) is 3.87. The SMILES string of the molecule is COc1c(C)c(OC)c2c(c1OC)[C@@H](C)CC[C@@H]2C(C)CCC=C(C)C. The van der Waals surface area contributed by atoms with Crippen molar-refractivity contribution in [3.05, 3.63) is 28.3 Å². The van der Waals surface area contributed by atoms with Crippen LogP contribution in [0.15, 0.2) is 11.6 Å². The second-order valence-corrected chi connectivity index (χ2v) is 7.97. The number of rotatable bonds is 7. The van der Waals surface area contributed by atoms with Crippen molar-refractivity contribution in [1.29, 1.82) is 0 Å². The van der Waals surface area contributed by atoms with Crippen LogP contribution in [0.2, 0.25) is 0 Å². The van der Waals surface area contributed by atoms with Crippen LogP contribution < -0.4 is 14.2 Å². The van der Waals surface area contributed by atoms with Crippen molar-refractivity contribution in [1.82, 2.24) is 0 Å². The van der Waals surface area contributed by atoms with E-state index in [1.807, 2.05) is 0 Å². The lowest BCUT2D eigenvalue weighted by atomic mass is 9.70. The lowest BCUT2D eigenvalue weighted by molar-refractivity contribution is 0.312. The number of benzene rings is 1. The van der Waals surface area contributed by atoms with E-state index in [0.717, 1.165) is 29.2 Å². The Hall–Kier alpha value is -1.64. The van der Waals surface area contributed by atoms with E-state index in [-0.39, 0.29) is 0 Å². The first-order valence-electron chi connectivity index (χ1n) is 9.82. The molecule has 1 aliphatic rings. The summed E-state index contributed by atoms with van der Waals surface area (Å²) in [5.41, 5.74) is 5.08. The maximum Gasteiger partial charge on any atom is 0.167 e. The molecule has 26 heavy (non-hydrogen) atoms. The van der Waals surface area contributed by atoms with Crippen LogP contribution in [0.25, 0.3) is 0 Å². The molecule has 0 saturated carbocycles. The third-order valence-corrected chi connectivity index (χ3v) is 5.91. The maximum absolute atomic E-state index is 5.91. The number of hydrogen-bond donors (Lipinski definition) is 0. The van der Waals surface area contributed by atoms with Crippen LogP contribution >= 0.6 is 0 Å². The van der Waals surface area contributed by atoms with E-state index in [1.54, 1.807) is 21.3 Å². The largest absolute Gasteiger partial charge is 0.496 e. The summed E-state index contributed by atoms with van der Waals surface area (Å²) in [6, 6.07) is 0. The molecule has 1 aliphatic carbocycles. The van der Waals surface area contributed by atoms with E-state index in [1.165, 1.54) is 36.0 Å². The van der Waals surface area contributed by atoms with Gasteiger partial charge in [-0.05, 0) is 64.2 Å². The predicted octanol–water partition coefficient (Wildman–Crippen LogP) is 6.38. The molecule has 3 nitrogen and oxygen atoms in total. The third-order valence-electron chi connectivity index (χ3n) is 5.91. The molecule has 0 saturated heterocycles. The fourth-order valence-electron chi connectivity index (χ4n) is 4.53. The molecule has 1 aromatic rings. The molecule has 3 atom stereocenters. The van der Waals surface area contributed by atoms with Crippen molar-refractivity contribution in [2.75, 3.05) is 21.3 Å². The molecule has 0 aromatic heterocycles. The first kappa shape index (κ1) is 20.7. The molecule has 0 amide bonds. The Morgan fingerprint density at radius 3 is 2.15 bits per heavy atom. The van der Waals surface area contributed by atoms with Crippen LogP contribution in [0.4, 0.5) is 0 Å². The van der Waals surface area contributed by atoms with Gasteiger partial charge in [0.15, 0.2) is 11.5 Å². The molecule has 0 fully saturated rings. The van der Waals surface area contributed by atoms with Gasteiger partial charge in [0.25, 0.3) is 0 Å². The average Bonchev–Trinajstić information content (AvgIpc) is 2.60. The quantitative estimate of drug-likeness (QED) is 0.528. The second kappa shape index (κ2) is 8.83. The predicted molar refractivity (Wildman–Crippen MR) is 109 cm³/mol. The van der Waals surface area contributed by atoms with Gasteiger partial charge in [-0.1, -0.05) is 25.5 Å². The second-order valence-electron chi connectivity index (χ2n) is 7.97. The van der Waals surface area contributed by atoms with Gasteiger partial charge in [-0.2, -0.15) is 0 Å². The minimum Gasteiger partial charge on any atom is -0.496 e. The molecule has 0 N–H and O–H groups in total. The summed E-state index contributed by atoms with van der Waals surface area (Å²) in [6.45, 7) is 11.1. The number of hydrogen-bond acceptors (Lipinski definition) is 3. The molecule has 146 valence electrons. The summed E-state index contributed by atoms with van der Waals surface area (Å²) < 4.78 is 17.4. The van der Waals surface area contributed by atoms with E-state index < -0.39 is 0 Å². The zero-order chi connectivity index (χ0) is 19.4. The van der Waals surface area contributed by atoms with E-state index in [0.29, 0.717) is 17.8 Å². The number of fused-ring (bicyclic) bond motifs is 1. The topological polar surface area (TPSA) is 27.7 Å². The van der Waals surface area contributed by atoms with Crippen molar-refractivity contribution >= 4 is 0 Å². The Morgan fingerprint density at radius 1 is 1.00 bits per heavy atom. The first-order chi connectivity index (χ1) is 12.4. The lowest BCUT2D eigenvalue weighted by Crippen LogP contribution is -2.21. The van der Waals surface area contributed by atoms with E-state index in [2.05, 4.69) is 40.7 Å². The highest BCUT2D eigenvalue weighted by Gasteiger charge is 2.36. The summed E-state index contributed by atoms with van der Waals surface area (Å²) in [7, 11) is 5.24. The highest BCUT2D eigenvalue weighted by molar-refractivity contribution is 5.65. The standard InChI is InChI=1S/C23H36O3/c1-14(2)10-9-11-15(3)18-13-12-16(4)19-20(18)21(24-6)17(5)22(25-7)23(19)26-8/h10,15-16,18H,9,11-13H2,1-8H3/t15?,16-,18+/m0/s1. The summed E-state index contributed by atoms with van der Waals surface area (Å²) in [6.07, 6.45) is 7.06. The normalized spacial score (nSPS) is 20.2. The highest BCUT2D eigenvalue weighted by atomic mass is 16.5. The van der Waals surface area contributed by atoms with Gasteiger partial charge in [0.1, 0.15) is 5.75 Å². The van der Waals surface area contributed by atoms with Crippen LogP contribution in [0.5, 0.6) is 17.2 Å². The van der Waals surface area contributed by atoms with Crippen molar-refractivity contribution in [3.63, 3.8) is 0 Å². The zero-order valence-corrected chi connectivity index (χ0v) is 17.9. The van der Waals surface area contributed by atoms with Crippen molar-refractivity contribution in [2.45, 2.75) is 72.1 Å². The molecular weight excluding hydrogens is 324 g/mol. The minimum absolute atomic E-state index is 0.449. The van der Waals surface area contributed by atoms with Gasteiger partial charge in [0.2, 0.25) is 0 Å². The van der Waals surface area contributed by atoms with Gasteiger partial charge in [-0.3, -0.25) is 0 Å². The first-order valence-corrected chi connectivity index (χ1v) is 9.82. The van der Waals surface area contributed by atoms with Crippen molar-refractivity contribution in [2.24, 2.45) is 5.92 Å². The summed E-state index contributed by atoms with van der Waals surface area (Å²) in [5.74, 6) is 4.25. The Balaban J connectivity index is 2.55. The Labute approximate surface area is 159 Å². The molecule has 1 aromatic carbocycles. The molecule has 2 rings (SSSR count). The monoisotopic (exact) mass is 360 g/mol. The van der Waals surface area contributed by atoms with Crippen LogP contribution in [0.1, 0.15) is 81.9 Å². The fourth-order valence-corrected chi connectivity index (χ4v) is 4.53. The number of ether oxygens (including phenoxy) is 3. The van der Waals surface area contributed by atoms with Crippen molar-refractivity contribution < 1.29 is 14.2 Å². The van der Waals surface area contributed by atoms with Crippen LogP contribution in [0, 0.1) is 12.8 Å².